The highest BCUT2D eigenvalue weighted by molar-refractivity contribution is 5.76. The van der Waals surface area contributed by atoms with Crippen molar-refractivity contribution in [1.82, 2.24) is 9.96 Å². The second-order valence-corrected chi connectivity index (χ2v) is 3.36. The Bertz CT molecular complexity index is 195. The molecule has 62 valence electrons. The third-order valence-electron chi connectivity index (χ3n) is 2.64. The van der Waals surface area contributed by atoms with Gasteiger partial charge in [0.1, 0.15) is 0 Å². The lowest BCUT2D eigenvalue weighted by Gasteiger charge is -2.26. The molecule has 0 spiro atoms. The lowest BCUT2D eigenvalue weighted by atomic mass is 10.0. The first-order valence-electron chi connectivity index (χ1n) is 3.99. The standard InChI is InChI=1S/C7H12N2O2/c1-5-2-3-6-4-8(5)7(10)9(6)11/h5-6,11H,2-4H2,1H3. The first-order chi connectivity index (χ1) is 5.20. The Labute approximate surface area is 65.3 Å². The summed E-state index contributed by atoms with van der Waals surface area (Å²) in [6.07, 6.45) is 1.94. The van der Waals surface area contributed by atoms with Gasteiger partial charge in [-0.25, -0.2) is 9.86 Å². The number of nitrogens with zero attached hydrogens (tertiary/aromatic N) is 2. The van der Waals surface area contributed by atoms with Crippen LogP contribution in [0.2, 0.25) is 0 Å². The normalized spacial score (nSPS) is 36.7. The van der Waals surface area contributed by atoms with E-state index in [1.807, 2.05) is 6.92 Å². The van der Waals surface area contributed by atoms with Crippen LogP contribution in [0, 0.1) is 0 Å². The third kappa shape index (κ3) is 0.822. The molecule has 2 unspecified atom stereocenters. The summed E-state index contributed by atoms with van der Waals surface area (Å²) >= 11 is 0. The summed E-state index contributed by atoms with van der Waals surface area (Å²) in [4.78, 5) is 12.9. The Morgan fingerprint density at radius 3 is 2.91 bits per heavy atom. The van der Waals surface area contributed by atoms with Crippen LogP contribution >= 0.6 is 0 Å². The van der Waals surface area contributed by atoms with Gasteiger partial charge in [-0.1, -0.05) is 0 Å². The van der Waals surface area contributed by atoms with Crippen molar-refractivity contribution in [2.45, 2.75) is 31.8 Å². The summed E-state index contributed by atoms with van der Waals surface area (Å²) in [5.41, 5.74) is 0. The van der Waals surface area contributed by atoms with E-state index in [9.17, 15) is 10.0 Å². The van der Waals surface area contributed by atoms with E-state index in [0.717, 1.165) is 17.9 Å². The topological polar surface area (TPSA) is 43.8 Å². The highest BCUT2D eigenvalue weighted by Crippen LogP contribution is 2.27. The molecule has 11 heavy (non-hydrogen) atoms. The summed E-state index contributed by atoms with van der Waals surface area (Å²) in [6.45, 7) is 2.73. The average molecular weight is 156 g/mol. The monoisotopic (exact) mass is 156 g/mol. The molecule has 2 fully saturated rings. The number of hydrogen-bond acceptors (Lipinski definition) is 2. The van der Waals surface area contributed by atoms with Gasteiger partial charge in [0, 0.05) is 12.6 Å². The van der Waals surface area contributed by atoms with Gasteiger partial charge in [0.25, 0.3) is 0 Å². The highest BCUT2D eigenvalue weighted by Gasteiger charge is 2.42. The van der Waals surface area contributed by atoms with E-state index in [1.54, 1.807) is 4.90 Å². The quantitative estimate of drug-likeness (QED) is 0.524. The van der Waals surface area contributed by atoms with E-state index in [-0.39, 0.29) is 12.1 Å². The van der Waals surface area contributed by atoms with Gasteiger partial charge in [0.2, 0.25) is 0 Å². The van der Waals surface area contributed by atoms with Gasteiger partial charge in [-0.2, -0.15) is 0 Å². The molecule has 4 heteroatoms. The van der Waals surface area contributed by atoms with Crippen molar-refractivity contribution >= 4 is 6.03 Å². The predicted octanol–water partition coefficient (Wildman–Crippen LogP) is 0.664. The number of urea groups is 1. The summed E-state index contributed by atoms with van der Waals surface area (Å²) in [5, 5.41) is 10.1. The van der Waals surface area contributed by atoms with Crippen molar-refractivity contribution in [3.05, 3.63) is 0 Å². The molecule has 0 aromatic rings. The van der Waals surface area contributed by atoms with Crippen LogP contribution in [0.3, 0.4) is 0 Å². The molecule has 2 rings (SSSR count). The van der Waals surface area contributed by atoms with Gasteiger partial charge < -0.3 is 4.90 Å². The number of carbonyl (C=O) groups excluding carboxylic acids is 1. The summed E-state index contributed by atoms with van der Waals surface area (Å²) in [7, 11) is 0. The predicted molar refractivity (Wildman–Crippen MR) is 38.2 cm³/mol. The van der Waals surface area contributed by atoms with Gasteiger partial charge in [0.15, 0.2) is 0 Å². The molecule has 2 saturated heterocycles. The number of rotatable bonds is 0. The van der Waals surface area contributed by atoms with Crippen LogP contribution in [0.15, 0.2) is 0 Å². The molecule has 2 atom stereocenters. The first-order valence-corrected chi connectivity index (χ1v) is 3.99. The van der Waals surface area contributed by atoms with E-state index in [2.05, 4.69) is 0 Å². The minimum absolute atomic E-state index is 0.0544. The van der Waals surface area contributed by atoms with Crippen LogP contribution in [0.25, 0.3) is 0 Å². The molecule has 4 nitrogen and oxygen atoms in total. The number of carbonyl (C=O) groups is 1. The third-order valence-corrected chi connectivity index (χ3v) is 2.64. The second-order valence-electron chi connectivity index (χ2n) is 3.36. The van der Waals surface area contributed by atoms with E-state index >= 15 is 0 Å². The Balaban J connectivity index is 2.22. The molecule has 1 N–H and O–H groups in total. The SMILES string of the molecule is CC1CCC2CN1C(=O)N2O. The maximum absolute atomic E-state index is 11.2. The second kappa shape index (κ2) is 2.11. The molecular formula is C7H12N2O2. The van der Waals surface area contributed by atoms with Gasteiger partial charge in [-0.3, -0.25) is 5.21 Å². The fourth-order valence-corrected chi connectivity index (χ4v) is 1.84. The molecule has 0 aromatic carbocycles. The fraction of sp³-hybridized carbons (Fsp3) is 0.857. The lowest BCUT2D eigenvalue weighted by Crippen LogP contribution is -2.37. The number of amides is 2. The summed E-state index contributed by atoms with van der Waals surface area (Å²) < 4.78 is 0. The highest BCUT2D eigenvalue weighted by atomic mass is 16.5. The van der Waals surface area contributed by atoms with Gasteiger partial charge in [-0.15, -0.1) is 0 Å². The molecule has 2 aliphatic rings. The minimum atomic E-state index is -0.222. The molecule has 0 radical (unpaired) electrons. The van der Waals surface area contributed by atoms with E-state index < -0.39 is 0 Å². The lowest BCUT2D eigenvalue weighted by molar-refractivity contribution is -0.0583. The van der Waals surface area contributed by atoms with Crippen molar-refractivity contribution in [2.24, 2.45) is 0 Å². The van der Waals surface area contributed by atoms with Crippen LogP contribution < -0.4 is 0 Å². The van der Waals surface area contributed by atoms with Crippen molar-refractivity contribution in [2.75, 3.05) is 6.54 Å². The largest absolute Gasteiger partial charge is 0.344 e. The molecule has 0 aliphatic carbocycles. The molecular weight excluding hydrogens is 144 g/mol. The number of hydroxylamine groups is 2. The van der Waals surface area contributed by atoms with Crippen molar-refractivity contribution in [3.63, 3.8) is 0 Å². The Morgan fingerprint density at radius 1 is 1.55 bits per heavy atom. The first kappa shape index (κ1) is 6.91. The number of fused-ring (bicyclic) bond motifs is 2. The van der Waals surface area contributed by atoms with Crippen LogP contribution in [0.4, 0.5) is 4.79 Å². The minimum Gasteiger partial charge on any atom is -0.318 e. The van der Waals surface area contributed by atoms with Crippen molar-refractivity contribution < 1.29 is 10.0 Å². The van der Waals surface area contributed by atoms with E-state index in [0.29, 0.717) is 12.6 Å². The molecule has 2 heterocycles. The van der Waals surface area contributed by atoms with E-state index in [4.69, 9.17) is 0 Å². The van der Waals surface area contributed by atoms with Gasteiger partial charge >= 0.3 is 6.03 Å². The zero-order valence-electron chi connectivity index (χ0n) is 6.53. The molecule has 2 amide bonds. The van der Waals surface area contributed by atoms with Crippen LogP contribution in [-0.2, 0) is 0 Å². The number of piperidine rings is 1. The molecule has 2 aliphatic heterocycles. The van der Waals surface area contributed by atoms with Crippen LogP contribution in [0.1, 0.15) is 19.8 Å². The van der Waals surface area contributed by atoms with Gasteiger partial charge in [-0.05, 0) is 19.8 Å². The smallest absolute Gasteiger partial charge is 0.318 e. The Morgan fingerprint density at radius 2 is 2.27 bits per heavy atom. The average Bonchev–Trinajstić information content (AvgIpc) is 2.24. The number of hydrogen-bond donors (Lipinski definition) is 1. The summed E-state index contributed by atoms with van der Waals surface area (Å²) in [6, 6.07) is 0.134. The molecule has 2 bridgehead atoms. The van der Waals surface area contributed by atoms with Crippen LogP contribution in [0.5, 0.6) is 0 Å². The summed E-state index contributed by atoms with van der Waals surface area (Å²) in [5.74, 6) is 0. The molecule has 0 aromatic heterocycles. The maximum atomic E-state index is 11.2. The Hall–Kier alpha value is -0.770. The zero-order chi connectivity index (χ0) is 8.01. The van der Waals surface area contributed by atoms with Crippen molar-refractivity contribution in [3.8, 4) is 0 Å². The van der Waals surface area contributed by atoms with Gasteiger partial charge in [0.05, 0.1) is 6.04 Å². The van der Waals surface area contributed by atoms with Crippen LogP contribution in [-0.4, -0.2) is 39.8 Å². The zero-order valence-corrected chi connectivity index (χ0v) is 6.53. The maximum Gasteiger partial charge on any atom is 0.344 e. The molecule has 0 saturated carbocycles. The fourth-order valence-electron chi connectivity index (χ4n) is 1.84. The van der Waals surface area contributed by atoms with Crippen molar-refractivity contribution in [1.29, 1.82) is 0 Å². The van der Waals surface area contributed by atoms with E-state index in [1.165, 1.54) is 0 Å². The Kier molecular flexibility index (Phi) is 1.32.